The molecule has 2 aromatic heterocycles. The van der Waals surface area contributed by atoms with Crippen LogP contribution in [0.2, 0.25) is 0 Å². The van der Waals surface area contributed by atoms with E-state index in [1.165, 1.54) is 12.1 Å². The van der Waals surface area contributed by atoms with Crippen LogP contribution in [0.25, 0.3) is 11.2 Å². The van der Waals surface area contributed by atoms with Crippen molar-refractivity contribution in [3.63, 3.8) is 0 Å². The summed E-state index contributed by atoms with van der Waals surface area (Å²) in [4.78, 5) is 11.2. The van der Waals surface area contributed by atoms with Gasteiger partial charge in [-0.1, -0.05) is 12.1 Å². The van der Waals surface area contributed by atoms with E-state index >= 15 is 0 Å². The Balaban J connectivity index is 2.08. The molecule has 0 saturated heterocycles. The summed E-state index contributed by atoms with van der Waals surface area (Å²) in [7, 11) is 0. The minimum atomic E-state index is -0.263. The summed E-state index contributed by atoms with van der Waals surface area (Å²) in [5.74, 6) is -0.263. The van der Waals surface area contributed by atoms with Crippen molar-refractivity contribution in [1.29, 1.82) is 5.41 Å². The lowest BCUT2D eigenvalue weighted by molar-refractivity contribution is 0.626. The van der Waals surface area contributed by atoms with Crippen molar-refractivity contribution in [2.75, 3.05) is 0 Å². The van der Waals surface area contributed by atoms with Gasteiger partial charge < -0.3 is 9.55 Å². The molecule has 3 aromatic rings. The van der Waals surface area contributed by atoms with Crippen molar-refractivity contribution >= 4 is 27.1 Å². The molecule has 7 heteroatoms. The smallest absolute Gasteiger partial charge is 0.177 e. The highest BCUT2D eigenvalue weighted by molar-refractivity contribution is 9.10. The van der Waals surface area contributed by atoms with E-state index in [9.17, 15) is 4.39 Å². The van der Waals surface area contributed by atoms with Crippen LogP contribution in [0.1, 0.15) is 5.56 Å². The SMILES string of the molecule is N=c1ncn(Cc2ccc(F)cc2)c2nc(Br)[nH]c12. The average molecular weight is 322 g/mol. The minimum Gasteiger partial charge on any atom is -0.328 e. The third-order valence-electron chi connectivity index (χ3n) is 2.76. The molecular formula is C12H9BrFN5. The highest BCUT2D eigenvalue weighted by atomic mass is 79.9. The maximum Gasteiger partial charge on any atom is 0.177 e. The van der Waals surface area contributed by atoms with Crippen molar-refractivity contribution < 1.29 is 4.39 Å². The van der Waals surface area contributed by atoms with Crippen LogP contribution in [0.3, 0.4) is 0 Å². The predicted molar refractivity (Wildman–Crippen MR) is 70.9 cm³/mol. The van der Waals surface area contributed by atoms with Crippen molar-refractivity contribution in [1.82, 2.24) is 19.5 Å². The molecule has 2 heterocycles. The number of rotatable bonds is 2. The number of nitrogens with one attached hydrogen (secondary N) is 2. The second-order valence-corrected chi connectivity index (χ2v) is 4.82. The van der Waals surface area contributed by atoms with Crippen molar-refractivity contribution in [2.45, 2.75) is 6.54 Å². The molecule has 0 aliphatic carbocycles. The van der Waals surface area contributed by atoms with E-state index in [1.54, 1.807) is 18.5 Å². The zero-order valence-corrected chi connectivity index (χ0v) is 11.3. The van der Waals surface area contributed by atoms with E-state index in [0.717, 1.165) is 5.56 Å². The molecule has 1 aromatic carbocycles. The van der Waals surface area contributed by atoms with Gasteiger partial charge in [0.15, 0.2) is 15.9 Å². The molecule has 0 spiro atoms. The number of imidazole rings is 1. The molecule has 3 rings (SSSR count). The van der Waals surface area contributed by atoms with Gasteiger partial charge in [0.25, 0.3) is 0 Å². The molecule has 96 valence electrons. The van der Waals surface area contributed by atoms with E-state index in [2.05, 4.69) is 30.9 Å². The summed E-state index contributed by atoms with van der Waals surface area (Å²) >= 11 is 3.25. The Hall–Kier alpha value is -2.02. The number of fused-ring (bicyclic) bond motifs is 1. The molecule has 0 atom stereocenters. The van der Waals surface area contributed by atoms with Gasteiger partial charge in [0.05, 0.1) is 12.9 Å². The Bertz CT molecular complexity index is 790. The standard InChI is InChI=1S/C12H9BrFN5/c13-12-17-9-10(15)16-6-19(11(9)18-12)5-7-1-3-8(14)4-2-7/h1-4,6,15H,5H2,(H,17,18). The summed E-state index contributed by atoms with van der Waals surface area (Å²) in [6.45, 7) is 0.515. The van der Waals surface area contributed by atoms with Crippen molar-refractivity contribution in [3.05, 3.63) is 52.2 Å². The van der Waals surface area contributed by atoms with E-state index in [0.29, 0.717) is 22.4 Å². The Morgan fingerprint density at radius 2 is 2.05 bits per heavy atom. The Morgan fingerprint density at radius 1 is 1.32 bits per heavy atom. The molecule has 0 amide bonds. The van der Waals surface area contributed by atoms with Crippen molar-refractivity contribution in [2.24, 2.45) is 0 Å². The summed E-state index contributed by atoms with van der Waals surface area (Å²) in [5, 5.41) is 7.72. The third kappa shape index (κ3) is 2.28. The molecule has 0 aliphatic rings. The Morgan fingerprint density at radius 3 is 2.79 bits per heavy atom. The van der Waals surface area contributed by atoms with Gasteiger partial charge in [0, 0.05) is 0 Å². The van der Waals surface area contributed by atoms with Gasteiger partial charge >= 0.3 is 0 Å². The number of aromatic amines is 1. The fourth-order valence-electron chi connectivity index (χ4n) is 1.86. The van der Waals surface area contributed by atoms with Gasteiger partial charge in [-0.2, -0.15) is 0 Å². The molecule has 0 aliphatic heterocycles. The second kappa shape index (κ2) is 4.58. The quantitative estimate of drug-likeness (QED) is 0.710. The normalized spacial score (nSPS) is 11.1. The van der Waals surface area contributed by atoms with Crippen LogP contribution in [-0.4, -0.2) is 19.5 Å². The molecule has 0 saturated carbocycles. The van der Waals surface area contributed by atoms with Crippen LogP contribution in [0.5, 0.6) is 0 Å². The lowest BCUT2D eigenvalue weighted by Crippen LogP contribution is -2.13. The first-order valence-electron chi connectivity index (χ1n) is 5.53. The van der Waals surface area contributed by atoms with Gasteiger partial charge in [-0.05, 0) is 33.6 Å². The summed E-state index contributed by atoms with van der Waals surface area (Å²) in [6.07, 6.45) is 1.56. The number of hydrogen-bond acceptors (Lipinski definition) is 3. The van der Waals surface area contributed by atoms with Crippen LogP contribution in [0, 0.1) is 11.2 Å². The molecule has 2 N–H and O–H groups in total. The maximum atomic E-state index is 12.9. The molecule has 19 heavy (non-hydrogen) atoms. The van der Waals surface area contributed by atoms with E-state index in [1.807, 2.05) is 4.57 Å². The minimum absolute atomic E-state index is 0.142. The van der Waals surface area contributed by atoms with Gasteiger partial charge in [0.1, 0.15) is 11.3 Å². The number of benzene rings is 1. The number of halogens is 2. The summed E-state index contributed by atoms with van der Waals surface area (Å²) in [6, 6.07) is 6.26. The van der Waals surface area contributed by atoms with E-state index < -0.39 is 0 Å². The van der Waals surface area contributed by atoms with Crippen LogP contribution < -0.4 is 5.49 Å². The fraction of sp³-hybridized carbons (Fsp3) is 0.0833. The lowest BCUT2D eigenvalue weighted by Gasteiger charge is -2.06. The average Bonchev–Trinajstić information content (AvgIpc) is 2.78. The van der Waals surface area contributed by atoms with Crippen LogP contribution in [0.4, 0.5) is 4.39 Å². The largest absolute Gasteiger partial charge is 0.328 e. The molecular weight excluding hydrogens is 313 g/mol. The maximum absolute atomic E-state index is 12.9. The monoisotopic (exact) mass is 321 g/mol. The molecule has 0 unspecified atom stereocenters. The van der Waals surface area contributed by atoms with Gasteiger partial charge in [0.2, 0.25) is 0 Å². The number of nitrogens with zero attached hydrogens (tertiary/aromatic N) is 3. The number of H-pyrrole nitrogens is 1. The first-order chi connectivity index (χ1) is 9.13. The molecule has 0 bridgehead atoms. The van der Waals surface area contributed by atoms with Crippen molar-refractivity contribution in [3.8, 4) is 0 Å². The highest BCUT2D eigenvalue weighted by Crippen LogP contribution is 2.13. The van der Waals surface area contributed by atoms with Gasteiger partial charge in [-0.15, -0.1) is 0 Å². The van der Waals surface area contributed by atoms with Gasteiger partial charge in [-0.25, -0.2) is 14.4 Å². The second-order valence-electron chi connectivity index (χ2n) is 4.07. The third-order valence-corrected chi connectivity index (χ3v) is 3.13. The topological polar surface area (TPSA) is 70.3 Å². The first kappa shape index (κ1) is 12.0. The van der Waals surface area contributed by atoms with Crippen LogP contribution >= 0.6 is 15.9 Å². The zero-order valence-electron chi connectivity index (χ0n) is 9.69. The zero-order chi connectivity index (χ0) is 13.4. The Labute approximate surface area is 115 Å². The predicted octanol–water partition coefficient (Wildman–Crippen LogP) is 2.19. The molecule has 0 fully saturated rings. The van der Waals surface area contributed by atoms with E-state index in [-0.39, 0.29) is 11.3 Å². The van der Waals surface area contributed by atoms with E-state index in [4.69, 9.17) is 5.41 Å². The molecule has 0 radical (unpaired) electrons. The van der Waals surface area contributed by atoms with Gasteiger partial charge in [-0.3, -0.25) is 5.41 Å². The number of hydrogen-bond donors (Lipinski definition) is 2. The van der Waals surface area contributed by atoms with Crippen LogP contribution in [0.15, 0.2) is 35.3 Å². The first-order valence-corrected chi connectivity index (χ1v) is 6.32. The lowest BCUT2D eigenvalue weighted by atomic mass is 10.2. The summed E-state index contributed by atoms with van der Waals surface area (Å²) in [5.41, 5.74) is 2.28. The number of aromatic nitrogens is 4. The van der Waals surface area contributed by atoms with Crippen LogP contribution in [-0.2, 0) is 6.54 Å². The highest BCUT2D eigenvalue weighted by Gasteiger charge is 2.07. The summed E-state index contributed by atoms with van der Waals surface area (Å²) < 4.78 is 15.2. The fourth-order valence-corrected chi connectivity index (χ4v) is 2.22. The Kier molecular flexibility index (Phi) is 2.90. The molecule has 5 nitrogen and oxygen atoms in total.